The number of thiazole rings is 1. The van der Waals surface area contributed by atoms with E-state index >= 15 is 0 Å². The van der Waals surface area contributed by atoms with Gasteiger partial charge in [-0.2, -0.15) is 13.2 Å². The number of rotatable bonds is 6. The van der Waals surface area contributed by atoms with Gasteiger partial charge in [-0.3, -0.25) is 0 Å². The molecule has 0 bridgehead atoms. The van der Waals surface area contributed by atoms with E-state index < -0.39 is 12.8 Å². The first-order valence-corrected chi connectivity index (χ1v) is 5.64. The average molecular weight is 254 g/mol. The lowest BCUT2D eigenvalue weighted by Crippen LogP contribution is -2.25. The van der Waals surface area contributed by atoms with E-state index in [4.69, 9.17) is 0 Å². The van der Waals surface area contributed by atoms with Crippen LogP contribution in [-0.2, 0) is 4.74 Å². The molecule has 0 saturated heterocycles. The van der Waals surface area contributed by atoms with Crippen LogP contribution in [-0.4, -0.2) is 30.9 Å². The summed E-state index contributed by atoms with van der Waals surface area (Å²) in [5.74, 6) is 0. The van der Waals surface area contributed by atoms with Crippen molar-refractivity contribution in [3.8, 4) is 0 Å². The van der Waals surface area contributed by atoms with Crippen LogP contribution in [0.15, 0.2) is 11.6 Å². The number of hydrogen-bond acceptors (Lipinski definition) is 4. The summed E-state index contributed by atoms with van der Waals surface area (Å²) >= 11 is 1.50. The summed E-state index contributed by atoms with van der Waals surface area (Å²) in [6.45, 7) is 1.12. The quantitative estimate of drug-likeness (QED) is 0.791. The van der Waals surface area contributed by atoms with Gasteiger partial charge in [0.1, 0.15) is 11.6 Å². The zero-order valence-corrected chi connectivity index (χ0v) is 9.57. The minimum absolute atomic E-state index is 0.0366. The lowest BCUT2D eigenvalue weighted by Gasteiger charge is -2.12. The predicted octanol–water partition coefficient (Wildman–Crippen LogP) is 2.37. The second-order valence-electron chi connectivity index (χ2n) is 3.21. The van der Waals surface area contributed by atoms with Crippen LogP contribution < -0.4 is 5.32 Å². The molecule has 3 nitrogen and oxygen atoms in total. The maximum Gasteiger partial charge on any atom is 0.411 e. The van der Waals surface area contributed by atoms with Crippen LogP contribution in [0.4, 0.5) is 13.2 Å². The minimum atomic E-state index is -4.25. The van der Waals surface area contributed by atoms with Crippen molar-refractivity contribution in [2.45, 2.75) is 19.1 Å². The number of aromatic nitrogens is 1. The van der Waals surface area contributed by atoms with Crippen molar-refractivity contribution in [3.63, 3.8) is 0 Å². The SMILES string of the molecule is CC(NCCOCC(F)(F)F)c1nccs1. The molecule has 1 heterocycles. The highest BCUT2D eigenvalue weighted by Gasteiger charge is 2.27. The third-order valence-electron chi connectivity index (χ3n) is 1.78. The number of ether oxygens (including phenoxy) is 1. The summed E-state index contributed by atoms with van der Waals surface area (Å²) < 4.78 is 39.6. The Morgan fingerprint density at radius 1 is 1.56 bits per heavy atom. The van der Waals surface area contributed by atoms with Gasteiger partial charge in [0.05, 0.1) is 12.6 Å². The third kappa shape index (κ3) is 5.43. The number of alkyl halides is 3. The first-order chi connectivity index (χ1) is 7.49. The topological polar surface area (TPSA) is 34.1 Å². The lowest BCUT2D eigenvalue weighted by atomic mass is 10.3. The van der Waals surface area contributed by atoms with E-state index in [9.17, 15) is 13.2 Å². The fourth-order valence-electron chi connectivity index (χ4n) is 1.07. The molecule has 0 aromatic carbocycles. The van der Waals surface area contributed by atoms with Crippen molar-refractivity contribution < 1.29 is 17.9 Å². The second kappa shape index (κ2) is 6.17. The molecule has 0 spiro atoms. The molecule has 1 aromatic rings. The molecule has 1 atom stereocenters. The molecular weight excluding hydrogens is 241 g/mol. The number of hydrogen-bond donors (Lipinski definition) is 1. The standard InChI is InChI=1S/C9H13F3N2OS/c1-7(8-14-3-5-16-8)13-2-4-15-6-9(10,11)12/h3,5,7,13H,2,4,6H2,1H3. The summed E-state index contributed by atoms with van der Waals surface area (Å²) in [7, 11) is 0. The second-order valence-corrected chi connectivity index (χ2v) is 4.14. The zero-order chi connectivity index (χ0) is 12.0. The molecule has 0 radical (unpaired) electrons. The van der Waals surface area contributed by atoms with E-state index in [1.165, 1.54) is 11.3 Å². The molecule has 1 unspecified atom stereocenters. The van der Waals surface area contributed by atoms with Crippen molar-refractivity contribution in [1.29, 1.82) is 0 Å². The van der Waals surface area contributed by atoms with Gasteiger partial charge in [0.15, 0.2) is 0 Å². The number of nitrogens with zero attached hydrogens (tertiary/aromatic N) is 1. The fraction of sp³-hybridized carbons (Fsp3) is 0.667. The van der Waals surface area contributed by atoms with E-state index in [0.29, 0.717) is 6.54 Å². The number of halogens is 3. The zero-order valence-electron chi connectivity index (χ0n) is 8.75. The molecule has 1 aromatic heterocycles. The average Bonchev–Trinajstić information content (AvgIpc) is 2.67. The van der Waals surface area contributed by atoms with Crippen LogP contribution in [0, 0.1) is 0 Å². The van der Waals surface area contributed by atoms with Crippen molar-refractivity contribution in [3.05, 3.63) is 16.6 Å². The van der Waals surface area contributed by atoms with Gasteiger partial charge in [-0.25, -0.2) is 4.98 Å². The van der Waals surface area contributed by atoms with Gasteiger partial charge in [0.25, 0.3) is 0 Å². The monoisotopic (exact) mass is 254 g/mol. The van der Waals surface area contributed by atoms with Crippen LogP contribution in [0.3, 0.4) is 0 Å². The summed E-state index contributed by atoms with van der Waals surface area (Å²) in [5.41, 5.74) is 0. The van der Waals surface area contributed by atoms with Gasteiger partial charge in [0.2, 0.25) is 0 Å². The molecule has 0 saturated carbocycles. The molecular formula is C9H13F3N2OS. The normalized spacial score (nSPS) is 14.0. The van der Waals surface area contributed by atoms with Gasteiger partial charge in [-0.1, -0.05) is 0 Å². The van der Waals surface area contributed by atoms with Gasteiger partial charge in [-0.15, -0.1) is 11.3 Å². The first kappa shape index (κ1) is 13.4. The van der Waals surface area contributed by atoms with Crippen molar-refractivity contribution in [2.24, 2.45) is 0 Å². The van der Waals surface area contributed by atoms with Crippen molar-refractivity contribution in [2.75, 3.05) is 19.8 Å². The van der Waals surface area contributed by atoms with E-state index in [0.717, 1.165) is 5.01 Å². The van der Waals surface area contributed by atoms with Crippen LogP contribution in [0.5, 0.6) is 0 Å². The lowest BCUT2D eigenvalue weighted by molar-refractivity contribution is -0.173. The molecule has 0 aliphatic heterocycles. The molecule has 16 heavy (non-hydrogen) atoms. The minimum Gasteiger partial charge on any atom is -0.371 e. The van der Waals surface area contributed by atoms with E-state index in [1.54, 1.807) is 6.20 Å². The largest absolute Gasteiger partial charge is 0.411 e. The van der Waals surface area contributed by atoms with E-state index in [1.807, 2.05) is 12.3 Å². The van der Waals surface area contributed by atoms with Crippen LogP contribution in [0.25, 0.3) is 0 Å². The van der Waals surface area contributed by atoms with Gasteiger partial charge in [-0.05, 0) is 6.92 Å². The van der Waals surface area contributed by atoms with Crippen LogP contribution >= 0.6 is 11.3 Å². The highest BCUT2D eigenvalue weighted by molar-refractivity contribution is 7.09. The third-order valence-corrected chi connectivity index (χ3v) is 2.74. The first-order valence-electron chi connectivity index (χ1n) is 4.76. The van der Waals surface area contributed by atoms with Gasteiger partial charge >= 0.3 is 6.18 Å². The molecule has 0 aliphatic rings. The van der Waals surface area contributed by atoms with Gasteiger partial charge < -0.3 is 10.1 Å². The van der Waals surface area contributed by atoms with Crippen LogP contribution in [0.2, 0.25) is 0 Å². The number of nitrogens with one attached hydrogen (secondary N) is 1. The van der Waals surface area contributed by atoms with Gasteiger partial charge in [0, 0.05) is 18.1 Å². The summed E-state index contributed by atoms with van der Waals surface area (Å²) in [5, 5.41) is 5.79. The Kier molecular flexibility index (Phi) is 5.17. The molecule has 1 rings (SSSR count). The fourth-order valence-corrected chi connectivity index (χ4v) is 1.74. The van der Waals surface area contributed by atoms with E-state index in [2.05, 4.69) is 15.0 Å². The Labute approximate surface area is 95.6 Å². The Hall–Kier alpha value is -0.660. The summed E-state index contributed by atoms with van der Waals surface area (Å²) in [4.78, 5) is 4.09. The highest BCUT2D eigenvalue weighted by atomic mass is 32.1. The molecule has 7 heteroatoms. The molecule has 0 amide bonds. The van der Waals surface area contributed by atoms with Crippen molar-refractivity contribution >= 4 is 11.3 Å². The maximum absolute atomic E-state index is 11.7. The Morgan fingerprint density at radius 2 is 2.31 bits per heavy atom. The maximum atomic E-state index is 11.7. The molecule has 1 N–H and O–H groups in total. The molecule has 0 fully saturated rings. The predicted molar refractivity (Wildman–Crippen MR) is 55.4 cm³/mol. The Bertz CT molecular complexity index is 289. The van der Waals surface area contributed by atoms with E-state index in [-0.39, 0.29) is 12.6 Å². The molecule has 92 valence electrons. The Morgan fingerprint density at radius 3 is 2.88 bits per heavy atom. The highest BCUT2D eigenvalue weighted by Crippen LogP contribution is 2.15. The van der Waals surface area contributed by atoms with Crippen molar-refractivity contribution in [1.82, 2.24) is 10.3 Å². The molecule has 0 aliphatic carbocycles. The summed E-state index contributed by atoms with van der Waals surface area (Å²) in [6.07, 6.45) is -2.56. The van der Waals surface area contributed by atoms with Crippen LogP contribution in [0.1, 0.15) is 18.0 Å². The summed E-state index contributed by atoms with van der Waals surface area (Å²) in [6, 6.07) is 0.0366. The smallest absolute Gasteiger partial charge is 0.371 e. The Balaban J connectivity index is 2.08.